The minimum Gasteiger partial charge on any atom is -0.481 e. The van der Waals surface area contributed by atoms with Crippen LogP contribution in [0, 0.1) is 0 Å². The summed E-state index contributed by atoms with van der Waals surface area (Å²) in [5.41, 5.74) is 0.413. The van der Waals surface area contributed by atoms with Gasteiger partial charge in [0.25, 0.3) is 0 Å². The lowest BCUT2D eigenvalue weighted by Crippen LogP contribution is -2.46. The van der Waals surface area contributed by atoms with E-state index in [9.17, 15) is 9.59 Å². The van der Waals surface area contributed by atoms with Crippen molar-refractivity contribution in [3.63, 3.8) is 0 Å². The molecular formula is C17H22ClNO3. The van der Waals surface area contributed by atoms with Crippen molar-refractivity contribution >= 4 is 23.5 Å². The van der Waals surface area contributed by atoms with Gasteiger partial charge in [-0.1, -0.05) is 36.6 Å². The summed E-state index contributed by atoms with van der Waals surface area (Å²) < 4.78 is 0. The third-order valence-corrected chi connectivity index (χ3v) is 4.74. The molecule has 0 bridgehead atoms. The third kappa shape index (κ3) is 3.43. The van der Waals surface area contributed by atoms with Crippen molar-refractivity contribution in [1.29, 1.82) is 0 Å². The molecule has 0 saturated heterocycles. The maximum atomic E-state index is 13.1. The molecule has 4 nitrogen and oxygen atoms in total. The van der Waals surface area contributed by atoms with Crippen molar-refractivity contribution in [2.24, 2.45) is 0 Å². The first kappa shape index (κ1) is 16.8. The van der Waals surface area contributed by atoms with E-state index >= 15 is 0 Å². The van der Waals surface area contributed by atoms with Crippen molar-refractivity contribution in [2.45, 2.75) is 44.4 Å². The Kier molecular flexibility index (Phi) is 5.46. The summed E-state index contributed by atoms with van der Waals surface area (Å²) in [6.45, 7) is 2.67. The zero-order valence-corrected chi connectivity index (χ0v) is 13.6. The van der Waals surface area contributed by atoms with Crippen LogP contribution in [-0.4, -0.2) is 35.0 Å². The molecule has 1 N–H and O–H groups in total. The summed E-state index contributed by atoms with van der Waals surface area (Å²) >= 11 is 6.10. The molecule has 1 aromatic carbocycles. The first-order valence-corrected chi connectivity index (χ1v) is 8.14. The Hall–Kier alpha value is -1.55. The number of carboxylic acid groups (broad SMARTS) is 1. The highest BCUT2D eigenvalue weighted by atomic mass is 35.5. The third-order valence-electron chi connectivity index (χ3n) is 4.51. The molecule has 22 heavy (non-hydrogen) atoms. The van der Waals surface area contributed by atoms with Gasteiger partial charge in [-0.05, 0) is 37.5 Å². The van der Waals surface area contributed by atoms with Gasteiger partial charge >= 0.3 is 5.97 Å². The van der Waals surface area contributed by atoms with Gasteiger partial charge in [0.1, 0.15) is 0 Å². The van der Waals surface area contributed by atoms with Crippen molar-refractivity contribution in [1.82, 2.24) is 4.90 Å². The molecule has 0 aliphatic heterocycles. The first-order valence-electron chi connectivity index (χ1n) is 7.77. The van der Waals surface area contributed by atoms with E-state index in [2.05, 4.69) is 0 Å². The predicted octanol–water partition coefficient (Wildman–Crippen LogP) is 3.48. The number of likely N-dealkylation sites (N-methyl/N-ethyl adjacent to an activating group) is 1. The number of aliphatic carboxylic acids is 1. The largest absolute Gasteiger partial charge is 0.481 e. The molecular weight excluding hydrogens is 302 g/mol. The number of hydrogen-bond donors (Lipinski definition) is 1. The van der Waals surface area contributed by atoms with Crippen LogP contribution in [0.2, 0.25) is 5.02 Å². The van der Waals surface area contributed by atoms with Crippen molar-refractivity contribution in [3.8, 4) is 0 Å². The second kappa shape index (κ2) is 7.14. The molecule has 2 rings (SSSR count). The number of carbonyl (C=O) groups excluding carboxylic acids is 1. The fourth-order valence-electron chi connectivity index (χ4n) is 3.33. The van der Waals surface area contributed by atoms with E-state index < -0.39 is 11.4 Å². The molecule has 0 unspecified atom stereocenters. The molecule has 120 valence electrons. The smallest absolute Gasteiger partial charge is 0.305 e. The van der Waals surface area contributed by atoms with Gasteiger partial charge in [0, 0.05) is 18.1 Å². The molecule has 1 saturated carbocycles. The molecule has 1 aliphatic rings. The highest BCUT2D eigenvalue weighted by Crippen LogP contribution is 2.43. The normalized spacial score (nSPS) is 16.5. The van der Waals surface area contributed by atoms with E-state index in [1.54, 1.807) is 11.0 Å². The zero-order valence-electron chi connectivity index (χ0n) is 12.8. The van der Waals surface area contributed by atoms with Gasteiger partial charge in [0.15, 0.2) is 0 Å². The Labute approximate surface area is 136 Å². The van der Waals surface area contributed by atoms with Crippen LogP contribution in [0.5, 0.6) is 0 Å². The Balaban J connectivity index is 2.30. The fraction of sp³-hybridized carbons (Fsp3) is 0.529. The van der Waals surface area contributed by atoms with E-state index in [1.165, 1.54) is 0 Å². The number of carbonyl (C=O) groups is 2. The summed E-state index contributed by atoms with van der Waals surface area (Å²) in [7, 11) is 0. The molecule has 1 fully saturated rings. The van der Waals surface area contributed by atoms with E-state index in [-0.39, 0.29) is 18.9 Å². The van der Waals surface area contributed by atoms with E-state index in [0.29, 0.717) is 11.6 Å². The SMILES string of the molecule is CCN(CCC(=O)O)C(=O)C1(c2cccc(Cl)c2)CCCC1. The average Bonchev–Trinajstić information content (AvgIpc) is 2.98. The summed E-state index contributed by atoms with van der Waals surface area (Å²) in [5, 5.41) is 9.50. The molecule has 0 radical (unpaired) electrons. The quantitative estimate of drug-likeness (QED) is 0.872. The Morgan fingerprint density at radius 1 is 1.32 bits per heavy atom. The van der Waals surface area contributed by atoms with Gasteiger partial charge in [-0.15, -0.1) is 0 Å². The topological polar surface area (TPSA) is 57.6 Å². The van der Waals surface area contributed by atoms with Crippen molar-refractivity contribution in [2.75, 3.05) is 13.1 Å². The van der Waals surface area contributed by atoms with Crippen LogP contribution < -0.4 is 0 Å². The van der Waals surface area contributed by atoms with Crippen LogP contribution in [0.3, 0.4) is 0 Å². The fourth-order valence-corrected chi connectivity index (χ4v) is 3.52. The van der Waals surface area contributed by atoms with Crippen LogP contribution in [0.15, 0.2) is 24.3 Å². The summed E-state index contributed by atoms with van der Waals surface area (Å²) in [5.74, 6) is -0.842. The monoisotopic (exact) mass is 323 g/mol. The molecule has 1 aliphatic carbocycles. The van der Waals surface area contributed by atoms with Gasteiger partial charge in [0.2, 0.25) is 5.91 Å². The molecule has 1 aromatic rings. The Morgan fingerprint density at radius 3 is 2.55 bits per heavy atom. The lowest BCUT2D eigenvalue weighted by molar-refractivity contribution is -0.140. The molecule has 1 amide bonds. The second-order valence-electron chi connectivity index (χ2n) is 5.83. The van der Waals surface area contributed by atoms with Crippen LogP contribution in [-0.2, 0) is 15.0 Å². The maximum absolute atomic E-state index is 13.1. The summed E-state index contributed by atoms with van der Waals surface area (Å²) in [6, 6.07) is 7.51. The Bertz CT molecular complexity index is 553. The van der Waals surface area contributed by atoms with Crippen LogP contribution in [0.4, 0.5) is 0 Å². The average molecular weight is 324 g/mol. The lowest BCUT2D eigenvalue weighted by atomic mass is 9.77. The summed E-state index contributed by atoms with van der Waals surface area (Å²) in [4.78, 5) is 25.6. The second-order valence-corrected chi connectivity index (χ2v) is 6.26. The van der Waals surface area contributed by atoms with Crippen molar-refractivity contribution in [3.05, 3.63) is 34.9 Å². The van der Waals surface area contributed by atoms with Gasteiger partial charge in [-0.25, -0.2) is 0 Å². The minimum absolute atomic E-state index is 0.0226. The Morgan fingerprint density at radius 2 is 2.00 bits per heavy atom. The van der Waals surface area contributed by atoms with Gasteiger partial charge in [-0.3, -0.25) is 9.59 Å². The van der Waals surface area contributed by atoms with Gasteiger partial charge in [-0.2, -0.15) is 0 Å². The number of halogens is 1. The number of benzene rings is 1. The number of hydrogen-bond acceptors (Lipinski definition) is 2. The molecule has 0 atom stereocenters. The van der Waals surface area contributed by atoms with E-state index in [1.807, 2.05) is 25.1 Å². The first-order chi connectivity index (χ1) is 10.5. The molecule has 0 heterocycles. The number of rotatable bonds is 6. The molecule has 0 spiro atoms. The van der Waals surface area contributed by atoms with Crippen molar-refractivity contribution < 1.29 is 14.7 Å². The number of carboxylic acids is 1. The van der Waals surface area contributed by atoms with E-state index in [0.717, 1.165) is 31.2 Å². The molecule has 5 heteroatoms. The number of amides is 1. The minimum atomic E-state index is -0.880. The zero-order chi connectivity index (χ0) is 16.2. The van der Waals surface area contributed by atoms with Crippen LogP contribution >= 0.6 is 11.6 Å². The van der Waals surface area contributed by atoms with Gasteiger partial charge in [0.05, 0.1) is 11.8 Å². The summed E-state index contributed by atoms with van der Waals surface area (Å²) in [6.07, 6.45) is 3.60. The lowest BCUT2D eigenvalue weighted by Gasteiger charge is -2.34. The van der Waals surface area contributed by atoms with E-state index in [4.69, 9.17) is 16.7 Å². The number of nitrogens with zero attached hydrogens (tertiary/aromatic N) is 1. The molecule has 0 aromatic heterocycles. The predicted molar refractivity (Wildman–Crippen MR) is 86.1 cm³/mol. The highest BCUT2D eigenvalue weighted by molar-refractivity contribution is 6.30. The highest BCUT2D eigenvalue weighted by Gasteiger charge is 2.44. The van der Waals surface area contributed by atoms with Crippen LogP contribution in [0.25, 0.3) is 0 Å². The van der Waals surface area contributed by atoms with Crippen LogP contribution in [0.1, 0.15) is 44.6 Å². The maximum Gasteiger partial charge on any atom is 0.305 e. The van der Waals surface area contributed by atoms with Gasteiger partial charge < -0.3 is 10.0 Å². The standard InChI is InChI=1S/C17H22ClNO3/c1-2-19(11-8-15(20)21)16(22)17(9-3-4-10-17)13-6-5-7-14(18)12-13/h5-7,12H,2-4,8-11H2,1H3,(H,20,21).